The third-order valence-electron chi connectivity index (χ3n) is 2.75. The number of hydrogen-bond acceptors (Lipinski definition) is 6. The van der Waals surface area contributed by atoms with E-state index in [1.54, 1.807) is 11.5 Å². The van der Waals surface area contributed by atoms with E-state index in [1.165, 1.54) is 11.3 Å². The molecule has 0 atom stereocenters. The highest BCUT2D eigenvalue weighted by molar-refractivity contribution is 7.15. The van der Waals surface area contributed by atoms with Gasteiger partial charge in [0.05, 0.1) is 19.1 Å². The summed E-state index contributed by atoms with van der Waals surface area (Å²) in [6, 6.07) is 2.11. The number of nitriles is 1. The standard InChI is InChI=1S/C12H14N4O2S/c1-18-7-5-15(4-2-3-13)11-10(9-17)16-6-8-19-12(16)14-11/h6,8-9H,2,4-5,7H2,1H3. The summed E-state index contributed by atoms with van der Waals surface area (Å²) in [6.45, 7) is 1.66. The number of aldehydes is 1. The van der Waals surface area contributed by atoms with Crippen LogP contribution in [-0.2, 0) is 4.74 Å². The molecule has 0 aliphatic carbocycles. The molecular weight excluding hydrogens is 264 g/mol. The number of thiazole rings is 1. The van der Waals surface area contributed by atoms with Gasteiger partial charge in [-0.05, 0) is 0 Å². The zero-order valence-corrected chi connectivity index (χ0v) is 11.4. The highest BCUT2D eigenvalue weighted by atomic mass is 32.1. The number of imidazole rings is 1. The average Bonchev–Trinajstić information content (AvgIpc) is 2.99. The Morgan fingerprint density at radius 1 is 1.63 bits per heavy atom. The molecule has 0 aliphatic rings. The number of nitrogens with zero attached hydrogens (tertiary/aromatic N) is 4. The minimum atomic E-state index is 0.382. The zero-order valence-electron chi connectivity index (χ0n) is 10.6. The van der Waals surface area contributed by atoms with Gasteiger partial charge >= 0.3 is 0 Å². The fourth-order valence-corrected chi connectivity index (χ4v) is 2.56. The van der Waals surface area contributed by atoms with Gasteiger partial charge in [-0.25, -0.2) is 4.98 Å². The van der Waals surface area contributed by atoms with E-state index >= 15 is 0 Å². The Morgan fingerprint density at radius 3 is 3.16 bits per heavy atom. The van der Waals surface area contributed by atoms with Crippen molar-refractivity contribution in [3.63, 3.8) is 0 Å². The Hall–Kier alpha value is -1.91. The summed E-state index contributed by atoms with van der Waals surface area (Å²) >= 11 is 1.47. The van der Waals surface area contributed by atoms with E-state index in [2.05, 4.69) is 11.1 Å². The molecule has 0 amide bonds. The molecular formula is C12H14N4O2S. The van der Waals surface area contributed by atoms with Crippen LogP contribution in [0.2, 0.25) is 0 Å². The monoisotopic (exact) mass is 278 g/mol. The molecule has 0 aliphatic heterocycles. The molecule has 0 saturated carbocycles. The van der Waals surface area contributed by atoms with Crippen LogP contribution in [0.15, 0.2) is 11.6 Å². The largest absolute Gasteiger partial charge is 0.383 e. The molecule has 6 nitrogen and oxygen atoms in total. The van der Waals surface area contributed by atoms with Gasteiger partial charge in [0.15, 0.2) is 17.1 Å². The second-order valence-electron chi connectivity index (χ2n) is 3.88. The van der Waals surface area contributed by atoms with Crippen molar-refractivity contribution in [2.24, 2.45) is 0 Å². The molecule has 0 saturated heterocycles. The Balaban J connectivity index is 2.33. The number of methoxy groups -OCH3 is 1. The van der Waals surface area contributed by atoms with Crippen LogP contribution in [-0.4, -0.2) is 42.5 Å². The topological polar surface area (TPSA) is 70.6 Å². The lowest BCUT2D eigenvalue weighted by molar-refractivity contribution is 0.111. The van der Waals surface area contributed by atoms with Crippen LogP contribution in [0.3, 0.4) is 0 Å². The van der Waals surface area contributed by atoms with E-state index in [9.17, 15) is 4.79 Å². The van der Waals surface area contributed by atoms with Crippen molar-refractivity contribution in [1.82, 2.24) is 9.38 Å². The molecule has 19 heavy (non-hydrogen) atoms. The number of ether oxygens (including phenoxy) is 1. The van der Waals surface area contributed by atoms with Crippen LogP contribution in [0.1, 0.15) is 16.9 Å². The summed E-state index contributed by atoms with van der Waals surface area (Å²) < 4.78 is 6.82. The summed E-state index contributed by atoms with van der Waals surface area (Å²) in [5.74, 6) is 0.620. The first kappa shape index (κ1) is 13.5. The number of carbonyl (C=O) groups is 1. The van der Waals surface area contributed by atoms with Crippen molar-refractivity contribution < 1.29 is 9.53 Å². The van der Waals surface area contributed by atoms with Gasteiger partial charge in [-0.3, -0.25) is 9.20 Å². The molecule has 0 aromatic carbocycles. The van der Waals surface area contributed by atoms with Gasteiger partial charge in [0.25, 0.3) is 0 Å². The van der Waals surface area contributed by atoms with Crippen LogP contribution >= 0.6 is 11.3 Å². The smallest absolute Gasteiger partial charge is 0.196 e. The predicted molar refractivity (Wildman–Crippen MR) is 72.8 cm³/mol. The summed E-state index contributed by atoms with van der Waals surface area (Å²) in [6.07, 6.45) is 3.00. The van der Waals surface area contributed by atoms with Crippen LogP contribution in [0.4, 0.5) is 5.82 Å². The SMILES string of the molecule is COCCN(CCC#N)c1nc2sccn2c1C=O. The van der Waals surface area contributed by atoms with Gasteiger partial charge in [0, 0.05) is 31.8 Å². The minimum Gasteiger partial charge on any atom is -0.383 e. The van der Waals surface area contributed by atoms with Crippen LogP contribution < -0.4 is 4.90 Å². The van der Waals surface area contributed by atoms with E-state index < -0.39 is 0 Å². The summed E-state index contributed by atoms with van der Waals surface area (Å²) in [5, 5.41) is 10.6. The Bertz CT molecular complexity index is 598. The number of fused-ring (bicyclic) bond motifs is 1. The molecule has 2 heterocycles. The predicted octanol–water partition coefficient (Wildman–Crippen LogP) is 1.57. The van der Waals surface area contributed by atoms with Crippen molar-refractivity contribution in [2.45, 2.75) is 6.42 Å². The first-order valence-electron chi connectivity index (χ1n) is 5.83. The fourth-order valence-electron chi connectivity index (χ4n) is 1.84. The van der Waals surface area contributed by atoms with Gasteiger partial charge in [0.2, 0.25) is 0 Å². The lowest BCUT2D eigenvalue weighted by Crippen LogP contribution is -2.29. The van der Waals surface area contributed by atoms with Crippen molar-refractivity contribution in [2.75, 3.05) is 31.7 Å². The quantitative estimate of drug-likeness (QED) is 0.719. The highest BCUT2D eigenvalue weighted by Crippen LogP contribution is 2.23. The fraction of sp³-hybridized carbons (Fsp3) is 0.417. The maximum Gasteiger partial charge on any atom is 0.196 e. The van der Waals surface area contributed by atoms with Crippen molar-refractivity contribution in [1.29, 1.82) is 5.26 Å². The van der Waals surface area contributed by atoms with E-state index in [1.807, 2.05) is 16.5 Å². The zero-order chi connectivity index (χ0) is 13.7. The minimum absolute atomic E-state index is 0.382. The molecule has 0 unspecified atom stereocenters. The third kappa shape index (κ3) is 2.75. The lowest BCUT2D eigenvalue weighted by atomic mass is 10.3. The van der Waals surface area contributed by atoms with Crippen molar-refractivity contribution in [3.8, 4) is 6.07 Å². The van der Waals surface area contributed by atoms with Crippen LogP contribution in [0, 0.1) is 11.3 Å². The average molecular weight is 278 g/mol. The van der Waals surface area contributed by atoms with Gasteiger partial charge < -0.3 is 9.64 Å². The van der Waals surface area contributed by atoms with Gasteiger partial charge in [-0.2, -0.15) is 5.26 Å². The van der Waals surface area contributed by atoms with E-state index in [4.69, 9.17) is 10.00 Å². The van der Waals surface area contributed by atoms with E-state index in [0.29, 0.717) is 37.6 Å². The Labute approximate surface area is 114 Å². The van der Waals surface area contributed by atoms with E-state index in [-0.39, 0.29) is 0 Å². The molecule has 0 fully saturated rings. The maximum atomic E-state index is 11.3. The molecule has 0 spiro atoms. The van der Waals surface area contributed by atoms with Gasteiger partial charge in [-0.15, -0.1) is 11.3 Å². The summed E-state index contributed by atoms with van der Waals surface area (Å²) in [4.78, 5) is 18.4. The first-order chi connectivity index (χ1) is 9.31. The number of carbonyl (C=O) groups excluding carboxylic acids is 1. The highest BCUT2D eigenvalue weighted by Gasteiger charge is 2.18. The molecule has 0 N–H and O–H groups in total. The molecule has 2 aromatic heterocycles. The number of aromatic nitrogens is 2. The van der Waals surface area contributed by atoms with Crippen molar-refractivity contribution >= 4 is 28.4 Å². The Morgan fingerprint density at radius 2 is 2.47 bits per heavy atom. The lowest BCUT2D eigenvalue weighted by Gasteiger charge is -2.21. The molecule has 2 rings (SSSR count). The molecule has 7 heteroatoms. The second-order valence-corrected chi connectivity index (χ2v) is 4.76. The van der Waals surface area contributed by atoms with Gasteiger partial charge in [-0.1, -0.05) is 0 Å². The first-order valence-corrected chi connectivity index (χ1v) is 6.71. The normalized spacial score (nSPS) is 10.5. The summed E-state index contributed by atoms with van der Waals surface area (Å²) in [5.41, 5.74) is 0.519. The molecule has 100 valence electrons. The maximum absolute atomic E-state index is 11.3. The number of hydrogen-bond donors (Lipinski definition) is 0. The van der Waals surface area contributed by atoms with E-state index in [0.717, 1.165) is 11.2 Å². The van der Waals surface area contributed by atoms with Crippen LogP contribution in [0.25, 0.3) is 4.96 Å². The second kappa shape index (κ2) is 6.31. The van der Waals surface area contributed by atoms with Crippen LogP contribution in [0.5, 0.6) is 0 Å². The molecule has 0 bridgehead atoms. The molecule has 0 radical (unpaired) electrons. The van der Waals surface area contributed by atoms with Crippen molar-refractivity contribution in [3.05, 3.63) is 17.3 Å². The summed E-state index contributed by atoms with van der Waals surface area (Å²) in [7, 11) is 1.62. The number of rotatable bonds is 7. The van der Waals surface area contributed by atoms with Gasteiger partial charge in [0.1, 0.15) is 5.69 Å². The number of anilines is 1. The molecule has 2 aromatic rings. The Kier molecular flexibility index (Phi) is 4.49. The third-order valence-corrected chi connectivity index (χ3v) is 3.51.